The molecule has 16 heavy (non-hydrogen) atoms. The number of carbonyl (C=O) groups is 1. The third-order valence-corrected chi connectivity index (χ3v) is 2.33. The van der Waals surface area contributed by atoms with Gasteiger partial charge in [0.25, 0.3) is 0 Å². The van der Waals surface area contributed by atoms with Gasteiger partial charge in [0.05, 0.1) is 28.3 Å². The van der Waals surface area contributed by atoms with Crippen molar-refractivity contribution in [3.63, 3.8) is 0 Å². The number of hydrogen-bond donors (Lipinski definition) is 0. The molecular weight excluding hydrogens is 202 g/mol. The van der Waals surface area contributed by atoms with Gasteiger partial charge in [-0.1, -0.05) is 0 Å². The van der Waals surface area contributed by atoms with E-state index in [0.717, 1.165) is 27.9 Å². The van der Waals surface area contributed by atoms with Crippen LogP contribution in [0, 0.1) is 0 Å². The van der Waals surface area contributed by atoms with Gasteiger partial charge in [-0.25, -0.2) is 0 Å². The van der Waals surface area contributed by atoms with E-state index in [2.05, 4.69) is 21.1 Å². The van der Waals surface area contributed by atoms with Crippen molar-refractivity contribution in [2.75, 3.05) is 28.3 Å². The summed E-state index contributed by atoms with van der Waals surface area (Å²) in [5.41, 5.74) is 1.81. The zero-order valence-corrected chi connectivity index (χ0v) is 10.7. The molecule has 0 spiro atoms. The minimum absolute atomic E-state index is 0.0883. The van der Waals surface area contributed by atoms with E-state index in [9.17, 15) is 4.79 Å². The number of nitrogens with zero attached hydrogens (tertiary/aromatic N) is 1. The van der Waals surface area contributed by atoms with Crippen LogP contribution in [0.4, 0.5) is 0 Å². The van der Waals surface area contributed by atoms with Crippen LogP contribution in [0.2, 0.25) is 0 Å². The number of rotatable bonds is 4. The Labute approximate surface area is 97.2 Å². The lowest BCUT2D eigenvalue weighted by Gasteiger charge is -2.25. The van der Waals surface area contributed by atoms with Gasteiger partial charge in [0.1, 0.15) is 12.3 Å². The molecule has 0 N–H and O–H groups in total. The molecule has 1 aromatic carbocycles. The number of carbonyl (C=O) groups excluding carboxylic acids is 1. The third-order valence-electron chi connectivity index (χ3n) is 2.33. The summed E-state index contributed by atoms with van der Waals surface area (Å²) < 4.78 is 6.11. The number of hydrogen-bond acceptors (Lipinski definition) is 2. The number of quaternary nitrogens is 1. The van der Waals surface area contributed by atoms with E-state index in [1.165, 1.54) is 0 Å². The Hall–Kier alpha value is -1.35. The summed E-state index contributed by atoms with van der Waals surface area (Å²) in [6.07, 6.45) is 0. The molecule has 0 unspecified atom stereocenters. The molecule has 0 bridgehead atoms. The first-order valence-corrected chi connectivity index (χ1v) is 5.32. The van der Waals surface area contributed by atoms with Crippen LogP contribution in [0.3, 0.4) is 0 Å². The van der Waals surface area contributed by atoms with E-state index in [1.807, 2.05) is 12.1 Å². The number of Topliss-reactive ketones (excluding diaryl/α,β-unsaturated/α-hetero) is 1. The minimum Gasteiger partial charge on any atom is -0.496 e. The lowest BCUT2D eigenvalue weighted by atomic mass is 10.1. The zero-order valence-electron chi connectivity index (χ0n) is 10.7. The molecule has 0 saturated carbocycles. The molecule has 0 saturated heterocycles. The van der Waals surface area contributed by atoms with Crippen LogP contribution in [0.25, 0.3) is 0 Å². The van der Waals surface area contributed by atoms with E-state index in [0.29, 0.717) is 0 Å². The lowest BCUT2D eigenvalue weighted by Crippen LogP contribution is -2.33. The monoisotopic (exact) mass is 222 g/mol. The zero-order chi connectivity index (χ0) is 12.3. The molecule has 0 fully saturated rings. The van der Waals surface area contributed by atoms with Gasteiger partial charge in [0.15, 0.2) is 5.78 Å². The summed E-state index contributed by atoms with van der Waals surface area (Å²) in [6, 6.07) is 5.59. The maximum absolute atomic E-state index is 11.3. The number of benzene rings is 1. The summed E-state index contributed by atoms with van der Waals surface area (Å²) in [5, 5.41) is 0. The maximum Gasteiger partial charge on any atom is 0.159 e. The average molecular weight is 222 g/mol. The van der Waals surface area contributed by atoms with E-state index >= 15 is 0 Å². The molecule has 0 aliphatic heterocycles. The Balaban J connectivity index is 3.12. The Morgan fingerprint density at radius 3 is 2.38 bits per heavy atom. The second kappa shape index (κ2) is 4.66. The minimum atomic E-state index is 0.0883. The topological polar surface area (TPSA) is 26.3 Å². The standard InChI is InChI=1S/C13H20NO2/c1-10(15)11-6-7-13(16-5)12(8-11)9-14(2,3)4/h6-8H,9H2,1-5H3/q+1. The van der Waals surface area contributed by atoms with Gasteiger partial charge in [-0.2, -0.15) is 0 Å². The van der Waals surface area contributed by atoms with Gasteiger partial charge in [-0.15, -0.1) is 0 Å². The van der Waals surface area contributed by atoms with E-state index in [4.69, 9.17) is 4.74 Å². The Morgan fingerprint density at radius 2 is 1.94 bits per heavy atom. The fourth-order valence-electron chi connectivity index (χ4n) is 1.63. The molecular formula is C13H20NO2+. The lowest BCUT2D eigenvalue weighted by molar-refractivity contribution is -0.884. The highest BCUT2D eigenvalue weighted by Crippen LogP contribution is 2.22. The van der Waals surface area contributed by atoms with Crippen molar-refractivity contribution in [1.82, 2.24) is 0 Å². The molecule has 0 amide bonds. The summed E-state index contributed by atoms with van der Waals surface area (Å²) in [5.74, 6) is 0.934. The van der Waals surface area contributed by atoms with Gasteiger partial charge in [0, 0.05) is 11.1 Å². The Bertz CT molecular complexity index is 391. The number of ether oxygens (including phenoxy) is 1. The normalized spacial score (nSPS) is 11.3. The highest BCUT2D eigenvalue weighted by atomic mass is 16.5. The second-order valence-corrected chi connectivity index (χ2v) is 5.03. The molecule has 3 heteroatoms. The molecule has 0 atom stereocenters. The fraction of sp³-hybridized carbons (Fsp3) is 0.462. The predicted molar refractivity (Wildman–Crippen MR) is 64.7 cm³/mol. The van der Waals surface area contributed by atoms with Crippen LogP contribution < -0.4 is 4.74 Å². The second-order valence-electron chi connectivity index (χ2n) is 5.03. The summed E-state index contributed by atoms with van der Waals surface area (Å²) in [7, 11) is 7.99. The van der Waals surface area contributed by atoms with Crippen LogP contribution in [0.1, 0.15) is 22.8 Å². The molecule has 1 rings (SSSR count). The van der Waals surface area contributed by atoms with E-state index in [-0.39, 0.29) is 5.78 Å². The van der Waals surface area contributed by atoms with Gasteiger partial charge >= 0.3 is 0 Å². The largest absolute Gasteiger partial charge is 0.496 e. The van der Waals surface area contributed by atoms with Crippen molar-refractivity contribution in [1.29, 1.82) is 0 Å². The summed E-state index contributed by atoms with van der Waals surface area (Å²) in [4.78, 5) is 11.3. The van der Waals surface area contributed by atoms with Crippen molar-refractivity contribution in [3.05, 3.63) is 29.3 Å². The third kappa shape index (κ3) is 3.35. The molecule has 0 aliphatic carbocycles. The van der Waals surface area contributed by atoms with Crippen molar-refractivity contribution >= 4 is 5.78 Å². The van der Waals surface area contributed by atoms with Crippen LogP contribution in [-0.4, -0.2) is 38.5 Å². The Morgan fingerprint density at radius 1 is 1.31 bits per heavy atom. The smallest absolute Gasteiger partial charge is 0.159 e. The highest BCUT2D eigenvalue weighted by molar-refractivity contribution is 5.94. The van der Waals surface area contributed by atoms with Crippen molar-refractivity contribution in [2.24, 2.45) is 0 Å². The average Bonchev–Trinajstić information content (AvgIpc) is 2.15. The van der Waals surface area contributed by atoms with Gasteiger partial charge in [-0.3, -0.25) is 4.79 Å². The maximum atomic E-state index is 11.3. The first-order valence-electron chi connectivity index (χ1n) is 5.32. The van der Waals surface area contributed by atoms with E-state index < -0.39 is 0 Å². The van der Waals surface area contributed by atoms with Crippen molar-refractivity contribution < 1.29 is 14.0 Å². The number of methoxy groups -OCH3 is 1. The van der Waals surface area contributed by atoms with Crippen LogP contribution in [0.15, 0.2) is 18.2 Å². The predicted octanol–water partition coefficient (Wildman–Crippen LogP) is 2.10. The molecule has 0 radical (unpaired) electrons. The molecule has 1 aromatic rings. The van der Waals surface area contributed by atoms with Crippen LogP contribution in [0.5, 0.6) is 5.75 Å². The fourth-order valence-corrected chi connectivity index (χ4v) is 1.63. The van der Waals surface area contributed by atoms with Gasteiger partial charge in [-0.05, 0) is 25.1 Å². The Kier molecular flexibility index (Phi) is 3.70. The molecule has 0 aliphatic rings. The van der Waals surface area contributed by atoms with E-state index in [1.54, 1.807) is 20.1 Å². The van der Waals surface area contributed by atoms with Crippen LogP contribution >= 0.6 is 0 Å². The quantitative estimate of drug-likeness (QED) is 0.576. The van der Waals surface area contributed by atoms with Gasteiger partial charge in [0.2, 0.25) is 0 Å². The molecule has 0 heterocycles. The summed E-state index contributed by atoms with van der Waals surface area (Å²) >= 11 is 0. The molecule has 3 nitrogen and oxygen atoms in total. The van der Waals surface area contributed by atoms with Crippen molar-refractivity contribution in [2.45, 2.75) is 13.5 Å². The number of ketones is 1. The van der Waals surface area contributed by atoms with Crippen LogP contribution in [-0.2, 0) is 6.54 Å². The summed E-state index contributed by atoms with van der Waals surface area (Å²) in [6.45, 7) is 2.42. The SMILES string of the molecule is COc1ccc(C(C)=O)cc1C[N+](C)(C)C. The molecule has 88 valence electrons. The first-order chi connectivity index (χ1) is 7.33. The highest BCUT2D eigenvalue weighted by Gasteiger charge is 2.14. The van der Waals surface area contributed by atoms with Crippen molar-refractivity contribution in [3.8, 4) is 5.75 Å². The first kappa shape index (κ1) is 12.7. The van der Waals surface area contributed by atoms with Gasteiger partial charge < -0.3 is 9.22 Å². The molecule has 0 aromatic heterocycles.